The zero-order chi connectivity index (χ0) is 17.5. The van der Waals surface area contributed by atoms with E-state index in [4.69, 9.17) is 14.2 Å². The summed E-state index contributed by atoms with van der Waals surface area (Å²) in [5.41, 5.74) is 1.20. The molecule has 6 nitrogen and oxygen atoms in total. The summed E-state index contributed by atoms with van der Waals surface area (Å²) in [7, 11) is 3.45. The Bertz CT molecular complexity index is 467. The predicted molar refractivity (Wildman–Crippen MR) is 98.0 cm³/mol. The lowest BCUT2D eigenvalue weighted by Crippen LogP contribution is -2.39. The number of guanidine groups is 1. The van der Waals surface area contributed by atoms with Crippen molar-refractivity contribution in [2.45, 2.75) is 19.8 Å². The summed E-state index contributed by atoms with van der Waals surface area (Å²) in [6, 6.07) is 8.14. The monoisotopic (exact) mass is 337 g/mol. The molecule has 0 aliphatic rings. The van der Waals surface area contributed by atoms with E-state index in [0.717, 1.165) is 44.2 Å². The van der Waals surface area contributed by atoms with Crippen LogP contribution in [-0.2, 0) is 15.9 Å². The van der Waals surface area contributed by atoms with Gasteiger partial charge >= 0.3 is 0 Å². The smallest absolute Gasteiger partial charge is 0.190 e. The first-order valence-corrected chi connectivity index (χ1v) is 8.53. The fourth-order valence-electron chi connectivity index (χ4n) is 2.17. The van der Waals surface area contributed by atoms with Gasteiger partial charge in [0.15, 0.2) is 5.96 Å². The minimum absolute atomic E-state index is 0.639. The van der Waals surface area contributed by atoms with Gasteiger partial charge in [-0.2, -0.15) is 0 Å². The van der Waals surface area contributed by atoms with Crippen molar-refractivity contribution in [2.24, 2.45) is 4.99 Å². The maximum atomic E-state index is 5.64. The Balaban J connectivity index is 2.20. The topological polar surface area (TPSA) is 64.1 Å². The first-order valence-electron chi connectivity index (χ1n) is 8.53. The molecule has 1 rings (SSSR count). The van der Waals surface area contributed by atoms with E-state index in [1.807, 2.05) is 25.1 Å². The van der Waals surface area contributed by atoms with E-state index in [2.05, 4.69) is 21.7 Å². The highest BCUT2D eigenvalue weighted by molar-refractivity contribution is 5.79. The summed E-state index contributed by atoms with van der Waals surface area (Å²) in [4.78, 5) is 4.23. The van der Waals surface area contributed by atoms with E-state index >= 15 is 0 Å². The standard InChI is InChI=1S/C18H31N3O3/c1-4-24-17-9-6-5-8-16(17)10-12-21-18(19-2)20-11-7-13-23-15-14-22-3/h5-6,8-9H,4,7,10-15H2,1-3H3,(H2,19,20,21). The third kappa shape index (κ3) is 8.74. The lowest BCUT2D eigenvalue weighted by atomic mass is 10.1. The summed E-state index contributed by atoms with van der Waals surface area (Å²) in [5, 5.41) is 6.60. The third-order valence-corrected chi connectivity index (χ3v) is 3.37. The lowest BCUT2D eigenvalue weighted by molar-refractivity contribution is 0.0698. The number of nitrogens with one attached hydrogen (secondary N) is 2. The van der Waals surface area contributed by atoms with Crippen molar-refractivity contribution in [1.82, 2.24) is 10.6 Å². The van der Waals surface area contributed by atoms with Crippen molar-refractivity contribution in [3.63, 3.8) is 0 Å². The molecular weight excluding hydrogens is 306 g/mol. The number of rotatable bonds is 12. The van der Waals surface area contributed by atoms with Gasteiger partial charge < -0.3 is 24.8 Å². The van der Waals surface area contributed by atoms with E-state index in [1.54, 1.807) is 14.2 Å². The number of benzene rings is 1. The van der Waals surface area contributed by atoms with Crippen LogP contribution in [0, 0.1) is 0 Å². The second-order valence-corrected chi connectivity index (χ2v) is 5.18. The quantitative estimate of drug-likeness (QED) is 0.346. The number of methoxy groups -OCH3 is 1. The van der Waals surface area contributed by atoms with Crippen molar-refractivity contribution in [3.05, 3.63) is 29.8 Å². The van der Waals surface area contributed by atoms with Crippen LogP contribution in [0.2, 0.25) is 0 Å². The second-order valence-electron chi connectivity index (χ2n) is 5.18. The minimum Gasteiger partial charge on any atom is -0.494 e. The summed E-state index contributed by atoms with van der Waals surface area (Å²) >= 11 is 0. The van der Waals surface area contributed by atoms with Crippen LogP contribution in [0.1, 0.15) is 18.9 Å². The van der Waals surface area contributed by atoms with E-state index in [0.29, 0.717) is 19.8 Å². The summed E-state index contributed by atoms with van der Waals surface area (Å²) < 4.78 is 16.0. The van der Waals surface area contributed by atoms with E-state index in [1.165, 1.54) is 5.56 Å². The number of nitrogens with zero attached hydrogens (tertiary/aromatic N) is 1. The molecule has 0 atom stereocenters. The van der Waals surface area contributed by atoms with Gasteiger partial charge in [-0.3, -0.25) is 4.99 Å². The molecule has 24 heavy (non-hydrogen) atoms. The average Bonchev–Trinajstić information content (AvgIpc) is 2.61. The molecule has 136 valence electrons. The second kappa shape index (κ2) is 13.6. The Labute approximate surface area is 145 Å². The number of hydrogen-bond acceptors (Lipinski definition) is 4. The molecule has 0 fully saturated rings. The van der Waals surface area contributed by atoms with Crippen LogP contribution >= 0.6 is 0 Å². The van der Waals surface area contributed by atoms with Crippen molar-refractivity contribution in [3.8, 4) is 5.75 Å². The minimum atomic E-state index is 0.639. The number of aliphatic imine (C=N–C) groups is 1. The van der Waals surface area contributed by atoms with Crippen molar-refractivity contribution >= 4 is 5.96 Å². The van der Waals surface area contributed by atoms with Crippen LogP contribution in [0.25, 0.3) is 0 Å². The lowest BCUT2D eigenvalue weighted by Gasteiger charge is -2.13. The Morgan fingerprint density at radius 1 is 1.08 bits per heavy atom. The average molecular weight is 337 g/mol. The molecule has 0 amide bonds. The molecule has 6 heteroatoms. The molecule has 1 aromatic carbocycles. The van der Waals surface area contributed by atoms with Gasteiger partial charge in [-0.25, -0.2) is 0 Å². The van der Waals surface area contributed by atoms with Gasteiger partial charge in [0, 0.05) is 33.9 Å². The number of hydrogen-bond donors (Lipinski definition) is 2. The van der Waals surface area contributed by atoms with Gasteiger partial charge in [0.05, 0.1) is 19.8 Å². The molecule has 0 radical (unpaired) electrons. The fourth-order valence-corrected chi connectivity index (χ4v) is 2.17. The van der Waals surface area contributed by atoms with Gasteiger partial charge in [0.2, 0.25) is 0 Å². The zero-order valence-corrected chi connectivity index (χ0v) is 15.1. The molecule has 2 N–H and O–H groups in total. The Morgan fingerprint density at radius 3 is 2.62 bits per heavy atom. The third-order valence-electron chi connectivity index (χ3n) is 3.37. The van der Waals surface area contributed by atoms with Crippen LogP contribution in [0.5, 0.6) is 5.75 Å². The van der Waals surface area contributed by atoms with Crippen LogP contribution < -0.4 is 15.4 Å². The highest BCUT2D eigenvalue weighted by Gasteiger charge is 2.03. The molecule has 0 heterocycles. The molecular formula is C18H31N3O3. The molecule has 0 aliphatic carbocycles. The Morgan fingerprint density at radius 2 is 1.88 bits per heavy atom. The molecule has 0 spiro atoms. The first-order chi connectivity index (χ1) is 11.8. The van der Waals surface area contributed by atoms with E-state index in [9.17, 15) is 0 Å². The van der Waals surface area contributed by atoms with Crippen molar-refractivity contribution in [1.29, 1.82) is 0 Å². The van der Waals surface area contributed by atoms with Crippen molar-refractivity contribution in [2.75, 3.05) is 53.7 Å². The van der Waals surface area contributed by atoms with E-state index in [-0.39, 0.29) is 0 Å². The summed E-state index contributed by atoms with van der Waals surface area (Å²) in [6.07, 6.45) is 1.81. The van der Waals surface area contributed by atoms with Crippen molar-refractivity contribution < 1.29 is 14.2 Å². The number of para-hydroxylation sites is 1. The molecule has 1 aromatic rings. The molecule has 0 bridgehead atoms. The molecule has 0 saturated carbocycles. The van der Waals surface area contributed by atoms with Gasteiger partial charge in [-0.1, -0.05) is 18.2 Å². The highest BCUT2D eigenvalue weighted by Crippen LogP contribution is 2.17. The normalized spacial score (nSPS) is 11.4. The molecule has 0 aromatic heterocycles. The maximum absolute atomic E-state index is 5.64. The van der Waals surface area contributed by atoms with Crippen LogP contribution in [0.4, 0.5) is 0 Å². The largest absolute Gasteiger partial charge is 0.494 e. The summed E-state index contributed by atoms with van der Waals surface area (Å²) in [5.74, 6) is 1.76. The van der Waals surface area contributed by atoms with Gasteiger partial charge in [0.25, 0.3) is 0 Å². The molecule has 0 unspecified atom stereocenters. The van der Waals surface area contributed by atoms with Gasteiger partial charge in [0.1, 0.15) is 5.75 Å². The zero-order valence-electron chi connectivity index (χ0n) is 15.1. The van der Waals surface area contributed by atoms with Crippen LogP contribution in [0.3, 0.4) is 0 Å². The van der Waals surface area contributed by atoms with Gasteiger partial charge in [-0.05, 0) is 31.4 Å². The highest BCUT2D eigenvalue weighted by atomic mass is 16.5. The van der Waals surface area contributed by atoms with Crippen LogP contribution in [-0.4, -0.2) is 59.6 Å². The Kier molecular flexibility index (Phi) is 11.5. The van der Waals surface area contributed by atoms with Crippen LogP contribution in [0.15, 0.2) is 29.3 Å². The molecule has 0 aliphatic heterocycles. The first kappa shape index (κ1) is 20.3. The Hall–Kier alpha value is -1.79. The maximum Gasteiger partial charge on any atom is 0.190 e. The summed E-state index contributed by atoms with van der Waals surface area (Å²) in [6.45, 7) is 6.30. The predicted octanol–water partition coefficient (Wildman–Crippen LogP) is 1.85. The molecule has 0 saturated heterocycles. The SMILES string of the molecule is CCOc1ccccc1CCNC(=NC)NCCCOCCOC. The number of ether oxygens (including phenoxy) is 3. The van der Waals surface area contributed by atoms with Gasteiger partial charge in [-0.15, -0.1) is 0 Å². The van der Waals surface area contributed by atoms with E-state index < -0.39 is 0 Å². The fraction of sp³-hybridized carbons (Fsp3) is 0.611.